The lowest BCUT2D eigenvalue weighted by atomic mass is 9.93. The molecule has 0 bridgehead atoms. The van der Waals surface area contributed by atoms with Crippen LogP contribution in [0.3, 0.4) is 0 Å². The van der Waals surface area contributed by atoms with Gasteiger partial charge in [-0.1, -0.05) is 26.7 Å². The zero-order valence-corrected chi connectivity index (χ0v) is 12.6. The van der Waals surface area contributed by atoms with Crippen LogP contribution in [0.15, 0.2) is 16.5 Å². The first-order valence-corrected chi connectivity index (χ1v) is 7.17. The smallest absolute Gasteiger partial charge is 0.129 e. The molecule has 1 aromatic heterocycles. The van der Waals surface area contributed by atoms with Gasteiger partial charge >= 0.3 is 0 Å². The summed E-state index contributed by atoms with van der Waals surface area (Å²) in [6, 6.07) is 4.28. The molecule has 110 valence electrons. The van der Waals surface area contributed by atoms with E-state index in [1.54, 1.807) is 0 Å². The monoisotopic (exact) mass is 268 g/mol. The fourth-order valence-electron chi connectivity index (χ4n) is 2.55. The summed E-state index contributed by atoms with van der Waals surface area (Å²) in [5, 5.41) is 12.4. The SMILES string of the molecule is CCC(CC)C(CNCc1ccc(CO)o1)N(C)C. The molecule has 0 radical (unpaired) electrons. The summed E-state index contributed by atoms with van der Waals surface area (Å²) in [7, 11) is 4.28. The van der Waals surface area contributed by atoms with Crippen LogP contribution >= 0.6 is 0 Å². The third-order valence-electron chi connectivity index (χ3n) is 3.78. The van der Waals surface area contributed by atoms with Crippen molar-refractivity contribution in [1.29, 1.82) is 0 Å². The van der Waals surface area contributed by atoms with Crippen LogP contribution < -0.4 is 5.32 Å². The first kappa shape index (κ1) is 16.2. The van der Waals surface area contributed by atoms with Crippen molar-refractivity contribution in [3.63, 3.8) is 0 Å². The number of likely N-dealkylation sites (N-methyl/N-ethyl adjacent to an activating group) is 1. The molecule has 0 amide bonds. The van der Waals surface area contributed by atoms with Crippen molar-refractivity contribution in [2.75, 3.05) is 20.6 Å². The van der Waals surface area contributed by atoms with Crippen molar-refractivity contribution in [3.05, 3.63) is 23.7 Å². The Morgan fingerprint density at radius 2 is 1.84 bits per heavy atom. The topological polar surface area (TPSA) is 48.6 Å². The lowest BCUT2D eigenvalue weighted by Crippen LogP contribution is -2.42. The van der Waals surface area contributed by atoms with Crippen LogP contribution in [0.25, 0.3) is 0 Å². The van der Waals surface area contributed by atoms with Crippen molar-refractivity contribution < 1.29 is 9.52 Å². The van der Waals surface area contributed by atoms with E-state index in [9.17, 15) is 0 Å². The molecule has 0 aromatic carbocycles. The maximum atomic E-state index is 8.95. The summed E-state index contributed by atoms with van der Waals surface area (Å²) in [4.78, 5) is 2.30. The maximum Gasteiger partial charge on any atom is 0.129 e. The van der Waals surface area contributed by atoms with Gasteiger partial charge in [0.1, 0.15) is 18.1 Å². The fourth-order valence-corrected chi connectivity index (χ4v) is 2.55. The van der Waals surface area contributed by atoms with Gasteiger partial charge in [-0.2, -0.15) is 0 Å². The minimum absolute atomic E-state index is 0.0337. The van der Waals surface area contributed by atoms with Gasteiger partial charge in [0.2, 0.25) is 0 Å². The van der Waals surface area contributed by atoms with Crippen LogP contribution in [0, 0.1) is 5.92 Å². The molecule has 4 nitrogen and oxygen atoms in total. The number of aliphatic hydroxyl groups is 1. The molecule has 0 saturated carbocycles. The highest BCUT2D eigenvalue weighted by Gasteiger charge is 2.20. The Labute approximate surface area is 116 Å². The largest absolute Gasteiger partial charge is 0.462 e. The molecule has 0 fully saturated rings. The van der Waals surface area contributed by atoms with Gasteiger partial charge < -0.3 is 19.7 Å². The molecular formula is C15H28N2O2. The van der Waals surface area contributed by atoms with Crippen LogP contribution in [0.1, 0.15) is 38.2 Å². The third-order valence-corrected chi connectivity index (χ3v) is 3.78. The first-order valence-electron chi connectivity index (χ1n) is 7.17. The molecular weight excluding hydrogens is 240 g/mol. The van der Waals surface area contributed by atoms with E-state index in [-0.39, 0.29) is 6.61 Å². The molecule has 2 N–H and O–H groups in total. The molecule has 0 aliphatic rings. The van der Waals surface area contributed by atoms with E-state index in [2.05, 4.69) is 38.2 Å². The second-order valence-electron chi connectivity index (χ2n) is 5.26. The van der Waals surface area contributed by atoms with Crippen LogP contribution in [0.2, 0.25) is 0 Å². The fraction of sp³-hybridized carbons (Fsp3) is 0.733. The number of hydrogen-bond donors (Lipinski definition) is 2. The van der Waals surface area contributed by atoms with E-state index >= 15 is 0 Å². The summed E-state index contributed by atoms with van der Waals surface area (Å²) in [5.41, 5.74) is 0. The van der Waals surface area contributed by atoms with Crippen molar-refractivity contribution >= 4 is 0 Å². The molecule has 1 rings (SSSR count). The van der Waals surface area contributed by atoms with Gasteiger partial charge in [-0.3, -0.25) is 0 Å². The van der Waals surface area contributed by atoms with E-state index in [4.69, 9.17) is 9.52 Å². The predicted octanol–water partition coefficient (Wildman–Crippen LogP) is 2.23. The number of rotatable bonds is 9. The third kappa shape index (κ3) is 4.97. The van der Waals surface area contributed by atoms with Gasteiger partial charge in [-0.15, -0.1) is 0 Å². The van der Waals surface area contributed by atoms with Crippen molar-refractivity contribution in [2.24, 2.45) is 5.92 Å². The lowest BCUT2D eigenvalue weighted by molar-refractivity contribution is 0.192. The average molecular weight is 268 g/mol. The number of furan rings is 1. The minimum Gasteiger partial charge on any atom is -0.462 e. The Morgan fingerprint density at radius 1 is 1.21 bits per heavy atom. The maximum absolute atomic E-state index is 8.95. The van der Waals surface area contributed by atoms with Crippen molar-refractivity contribution in [3.8, 4) is 0 Å². The van der Waals surface area contributed by atoms with E-state index in [1.807, 2.05) is 12.1 Å². The van der Waals surface area contributed by atoms with Crippen LogP contribution in [0.4, 0.5) is 0 Å². The van der Waals surface area contributed by atoms with Gasteiger partial charge in [0.15, 0.2) is 0 Å². The number of aliphatic hydroxyl groups excluding tert-OH is 1. The van der Waals surface area contributed by atoms with Gasteiger partial charge in [0.25, 0.3) is 0 Å². The van der Waals surface area contributed by atoms with Gasteiger partial charge in [0.05, 0.1) is 6.54 Å². The number of hydrogen-bond acceptors (Lipinski definition) is 4. The van der Waals surface area contributed by atoms with E-state index in [0.717, 1.165) is 12.3 Å². The molecule has 4 heteroatoms. The molecule has 0 aliphatic carbocycles. The Kier molecular flexibility index (Phi) is 7.13. The molecule has 0 saturated heterocycles. The summed E-state index contributed by atoms with van der Waals surface area (Å²) in [6.07, 6.45) is 2.41. The summed E-state index contributed by atoms with van der Waals surface area (Å²) < 4.78 is 5.46. The molecule has 0 spiro atoms. The second-order valence-corrected chi connectivity index (χ2v) is 5.26. The predicted molar refractivity (Wildman–Crippen MR) is 77.9 cm³/mol. The van der Waals surface area contributed by atoms with E-state index in [1.165, 1.54) is 12.8 Å². The highest BCUT2D eigenvalue weighted by Crippen LogP contribution is 2.16. The molecule has 1 unspecified atom stereocenters. The highest BCUT2D eigenvalue weighted by molar-refractivity contribution is 5.06. The molecule has 1 atom stereocenters. The zero-order valence-electron chi connectivity index (χ0n) is 12.6. The Morgan fingerprint density at radius 3 is 2.32 bits per heavy atom. The Bertz CT molecular complexity index is 346. The quantitative estimate of drug-likeness (QED) is 0.721. The van der Waals surface area contributed by atoms with Crippen LogP contribution in [-0.2, 0) is 13.2 Å². The molecule has 19 heavy (non-hydrogen) atoms. The second kappa shape index (κ2) is 8.35. The molecule has 1 aromatic rings. The average Bonchev–Trinajstić information content (AvgIpc) is 2.86. The summed E-state index contributed by atoms with van der Waals surface area (Å²) >= 11 is 0. The molecule has 1 heterocycles. The first-order chi connectivity index (χ1) is 9.12. The van der Waals surface area contributed by atoms with E-state index in [0.29, 0.717) is 24.3 Å². The van der Waals surface area contributed by atoms with Crippen LogP contribution in [0.5, 0.6) is 0 Å². The lowest BCUT2D eigenvalue weighted by Gasteiger charge is -2.31. The van der Waals surface area contributed by atoms with E-state index < -0.39 is 0 Å². The Hall–Kier alpha value is -0.840. The van der Waals surface area contributed by atoms with Gasteiger partial charge in [-0.25, -0.2) is 0 Å². The van der Waals surface area contributed by atoms with Crippen molar-refractivity contribution in [1.82, 2.24) is 10.2 Å². The zero-order chi connectivity index (χ0) is 14.3. The number of nitrogens with zero attached hydrogens (tertiary/aromatic N) is 1. The highest BCUT2D eigenvalue weighted by atomic mass is 16.4. The minimum atomic E-state index is -0.0337. The summed E-state index contributed by atoms with van der Waals surface area (Å²) in [6.45, 7) is 6.14. The summed E-state index contributed by atoms with van der Waals surface area (Å²) in [5.74, 6) is 2.22. The van der Waals surface area contributed by atoms with Gasteiger partial charge in [0, 0.05) is 12.6 Å². The number of nitrogens with one attached hydrogen (secondary N) is 1. The van der Waals surface area contributed by atoms with Crippen molar-refractivity contribution in [2.45, 2.75) is 45.9 Å². The van der Waals surface area contributed by atoms with Crippen LogP contribution in [-0.4, -0.2) is 36.7 Å². The van der Waals surface area contributed by atoms with Gasteiger partial charge in [-0.05, 0) is 32.1 Å². The Balaban J connectivity index is 2.43. The normalized spacial score (nSPS) is 13.4. The standard InChI is InChI=1S/C15H28N2O2/c1-5-12(6-2)15(17(3)4)10-16-9-13-7-8-14(11-18)19-13/h7-8,12,15-16,18H,5-6,9-11H2,1-4H3. The molecule has 0 aliphatic heterocycles.